The first kappa shape index (κ1) is 16.2. The van der Waals surface area contributed by atoms with E-state index in [4.69, 9.17) is 4.74 Å². The summed E-state index contributed by atoms with van der Waals surface area (Å²) in [6.07, 6.45) is 0.718. The van der Waals surface area contributed by atoms with Gasteiger partial charge in [0.2, 0.25) is 0 Å². The molecule has 0 saturated heterocycles. The summed E-state index contributed by atoms with van der Waals surface area (Å²) in [7, 11) is -2.93. The standard InChI is InChI=1S/C10H22N2O4S/c1-10(2,3)16-9(13)12-6-5-11-7-8-17(4,14)15/h11H,5-8H2,1-4H3,(H,12,13). The minimum Gasteiger partial charge on any atom is -0.444 e. The number of alkyl carbamates (subject to hydrolysis) is 1. The molecule has 6 nitrogen and oxygen atoms in total. The first-order valence-electron chi connectivity index (χ1n) is 5.45. The highest BCUT2D eigenvalue weighted by molar-refractivity contribution is 7.90. The van der Waals surface area contributed by atoms with Crippen LogP contribution in [0.15, 0.2) is 0 Å². The molecule has 0 rings (SSSR count). The zero-order valence-electron chi connectivity index (χ0n) is 10.9. The minimum atomic E-state index is -2.93. The van der Waals surface area contributed by atoms with Gasteiger partial charge >= 0.3 is 6.09 Å². The maximum absolute atomic E-state index is 11.2. The molecule has 0 aromatic heterocycles. The zero-order valence-corrected chi connectivity index (χ0v) is 11.7. The summed E-state index contributed by atoms with van der Waals surface area (Å²) in [5.74, 6) is 0.0967. The van der Waals surface area contributed by atoms with E-state index >= 15 is 0 Å². The molecule has 0 aliphatic carbocycles. The lowest BCUT2D eigenvalue weighted by atomic mass is 10.2. The number of sulfone groups is 1. The molecule has 0 radical (unpaired) electrons. The van der Waals surface area contributed by atoms with Crippen LogP contribution >= 0.6 is 0 Å². The number of nitrogens with one attached hydrogen (secondary N) is 2. The fourth-order valence-electron chi connectivity index (χ4n) is 0.950. The van der Waals surface area contributed by atoms with Gasteiger partial charge in [0.05, 0.1) is 5.75 Å². The average molecular weight is 266 g/mol. The first-order chi connectivity index (χ1) is 7.60. The van der Waals surface area contributed by atoms with Crippen molar-refractivity contribution >= 4 is 15.9 Å². The molecule has 0 aromatic carbocycles. The van der Waals surface area contributed by atoms with Crippen LogP contribution in [0.4, 0.5) is 4.79 Å². The summed E-state index contributed by atoms with van der Waals surface area (Å²) in [5, 5.41) is 5.47. The molecule has 0 atom stereocenters. The molecule has 2 N–H and O–H groups in total. The molecular weight excluding hydrogens is 244 g/mol. The highest BCUT2D eigenvalue weighted by Crippen LogP contribution is 2.05. The van der Waals surface area contributed by atoms with E-state index in [9.17, 15) is 13.2 Å². The Labute approximate surface area is 103 Å². The summed E-state index contributed by atoms with van der Waals surface area (Å²) >= 11 is 0. The van der Waals surface area contributed by atoms with Crippen LogP contribution in [-0.2, 0) is 14.6 Å². The van der Waals surface area contributed by atoms with Gasteiger partial charge < -0.3 is 15.4 Å². The van der Waals surface area contributed by atoms with E-state index in [2.05, 4.69) is 10.6 Å². The Morgan fingerprint density at radius 3 is 2.24 bits per heavy atom. The third-order valence-corrected chi connectivity index (χ3v) is 2.57. The van der Waals surface area contributed by atoms with Crippen molar-refractivity contribution in [3.63, 3.8) is 0 Å². The number of carbonyl (C=O) groups excluding carboxylic acids is 1. The Bertz CT molecular complexity index is 333. The van der Waals surface area contributed by atoms with Gasteiger partial charge in [0.1, 0.15) is 15.4 Å². The third-order valence-electron chi connectivity index (χ3n) is 1.62. The molecule has 0 unspecified atom stereocenters. The van der Waals surface area contributed by atoms with E-state index in [0.717, 1.165) is 0 Å². The number of ether oxygens (including phenoxy) is 1. The van der Waals surface area contributed by atoms with Gasteiger partial charge in [-0.1, -0.05) is 0 Å². The van der Waals surface area contributed by atoms with Gasteiger partial charge in [-0.2, -0.15) is 0 Å². The van der Waals surface area contributed by atoms with Crippen LogP contribution < -0.4 is 10.6 Å². The predicted octanol–water partition coefficient (Wildman–Crippen LogP) is 0.145. The monoisotopic (exact) mass is 266 g/mol. The van der Waals surface area contributed by atoms with Crippen LogP contribution in [0.1, 0.15) is 20.8 Å². The lowest BCUT2D eigenvalue weighted by molar-refractivity contribution is 0.0528. The van der Waals surface area contributed by atoms with E-state index in [1.54, 1.807) is 20.8 Å². The van der Waals surface area contributed by atoms with Crippen molar-refractivity contribution in [2.45, 2.75) is 26.4 Å². The molecule has 0 aliphatic rings. The van der Waals surface area contributed by atoms with Crippen molar-refractivity contribution in [1.29, 1.82) is 0 Å². The lowest BCUT2D eigenvalue weighted by Crippen LogP contribution is -2.37. The van der Waals surface area contributed by atoms with Gasteiger partial charge in [0, 0.05) is 25.9 Å². The summed E-state index contributed by atoms with van der Waals surface area (Å²) in [6, 6.07) is 0. The smallest absolute Gasteiger partial charge is 0.407 e. The Morgan fingerprint density at radius 1 is 1.18 bits per heavy atom. The van der Waals surface area contributed by atoms with E-state index in [0.29, 0.717) is 19.6 Å². The molecule has 0 saturated carbocycles. The van der Waals surface area contributed by atoms with Crippen LogP contribution in [0.3, 0.4) is 0 Å². The number of hydrogen-bond donors (Lipinski definition) is 2. The molecule has 0 aromatic rings. The van der Waals surface area contributed by atoms with Crippen molar-refractivity contribution in [3.05, 3.63) is 0 Å². The first-order valence-corrected chi connectivity index (χ1v) is 7.51. The van der Waals surface area contributed by atoms with Gasteiger partial charge in [0.15, 0.2) is 0 Å². The second-order valence-corrected chi connectivity index (χ2v) is 7.07. The summed E-state index contributed by atoms with van der Waals surface area (Å²) in [6.45, 7) is 6.66. The topological polar surface area (TPSA) is 84.5 Å². The molecular formula is C10H22N2O4S. The molecule has 102 valence electrons. The fourth-order valence-corrected chi connectivity index (χ4v) is 1.46. The lowest BCUT2D eigenvalue weighted by Gasteiger charge is -2.19. The van der Waals surface area contributed by atoms with Gasteiger partial charge in [0.25, 0.3) is 0 Å². The SMILES string of the molecule is CC(C)(C)OC(=O)NCCNCCS(C)(=O)=O. The van der Waals surface area contributed by atoms with Crippen molar-refractivity contribution in [3.8, 4) is 0 Å². The van der Waals surface area contributed by atoms with Crippen LogP contribution in [0, 0.1) is 0 Å². The second kappa shape index (κ2) is 6.80. The number of hydrogen-bond acceptors (Lipinski definition) is 5. The Kier molecular flexibility index (Phi) is 6.48. The quantitative estimate of drug-likeness (QED) is 0.668. The fraction of sp³-hybridized carbons (Fsp3) is 0.900. The van der Waals surface area contributed by atoms with Crippen molar-refractivity contribution < 1.29 is 17.9 Å². The number of carbonyl (C=O) groups is 1. The van der Waals surface area contributed by atoms with Crippen LogP contribution in [0.5, 0.6) is 0 Å². The van der Waals surface area contributed by atoms with Gasteiger partial charge in [-0.05, 0) is 20.8 Å². The highest BCUT2D eigenvalue weighted by atomic mass is 32.2. The molecule has 7 heteroatoms. The largest absolute Gasteiger partial charge is 0.444 e. The molecule has 0 aliphatic heterocycles. The number of amides is 1. The maximum Gasteiger partial charge on any atom is 0.407 e. The van der Waals surface area contributed by atoms with Crippen LogP contribution in [-0.4, -0.2) is 51.8 Å². The van der Waals surface area contributed by atoms with E-state index in [-0.39, 0.29) is 5.75 Å². The van der Waals surface area contributed by atoms with Gasteiger partial charge in [-0.15, -0.1) is 0 Å². The molecule has 0 bridgehead atoms. The summed E-state index contributed by atoms with van der Waals surface area (Å²) < 4.78 is 26.6. The van der Waals surface area contributed by atoms with Crippen LogP contribution in [0.2, 0.25) is 0 Å². The maximum atomic E-state index is 11.2. The minimum absolute atomic E-state index is 0.0967. The molecule has 17 heavy (non-hydrogen) atoms. The molecule has 0 spiro atoms. The third kappa shape index (κ3) is 13.1. The Balaban J connectivity index is 3.50. The van der Waals surface area contributed by atoms with E-state index in [1.165, 1.54) is 6.26 Å². The Hall–Kier alpha value is -0.820. The van der Waals surface area contributed by atoms with Crippen LogP contribution in [0.25, 0.3) is 0 Å². The zero-order chi connectivity index (χ0) is 13.5. The predicted molar refractivity (Wildman–Crippen MR) is 66.8 cm³/mol. The van der Waals surface area contributed by atoms with Gasteiger partial charge in [-0.25, -0.2) is 13.2 Å². The number of rotatable bonds is 6. The molecule has 0 fully saturated rings. The summed E-state index contributed by atoms with van der Waals surface area (Å²) in [4.78, 5) is 11.2. The molecule has 0 heterocycles. The van der Waals surface area contributed by atoms with Crippen molar-refractivity contribution in [2.24, 2.45) is 0 Å². The van der Waals surface area contributed by atoms with Crippen molar-refractivity contribution in [1.82, 2.24) is 10.6 Å². The van der Waals surface area contributed by atoms with Gasteiger partial charge in [-0.3, -0.25) is 0 Å². The highest BCUT2D eigenvalue weighted by Gasteiger charge is 2.15. The van der Waals surface area contributed by atoms with Crippen molar-refractivity contribution in [2.75, 3.05) is 31.6 Å². The van der Waals surface area contributed by atoms with E-state index in [1.807, 2.05) is 0 Å². The second-order valence-electron chi connectivity index (χ2n) is 4.81. The average Bonchev–Trinajstić information content (AvgIpc) is 2.06. The molecule has 1 amide bonds. The summed E-state index contributed by atoms with van der Waals surface area (Å²) in [5.41, 5.74) is -0.506. The Morgan fingerprint density at radius 2 is 1.76 bits per heavy atom. The van der Waals surface area contributed by atoms with E-state index < -0.39 is 21.5 Å². The normalized spacial score (nSPS) is 12.2.